The van der Waals surface area contributed by atoms with Crippen LogP contribution in [0.5, 0.6) is 0 Å². The van der Waals surface area contributed by atoms with E-state index < -0.39 is 5.41 Å². The number of rotatable bonds is 0. The molecule has 0 saturated carbocycles. The van der Waals surface area contributed by atoms with Crippen LogP contribution in [-0.2, 0) is 5.41 Å². The van der Waals surface area contributed by atoms with Crippen molar-refractivity contribution in [2.75, 3.05) is 4.90 Å². The van der Waals surface area contributed by atoms with E-state index in [2.05, 4.69) is 162 Å². The van der Waals surface area contributed by atoms with Gasteiger partial charge in [0.1, 0.15) is 0 Å². The van der Waals surface area contributed by atoms with Gasteiger partial charge in [0, 0.05) is 33.4 Å². The van der Waals surface area contributed by atoms with Crippen molar-refractivity contribution in [2.24, 2.45) is 0 Å². The predicted octanol–water partition coefficient (Wildman–Crippen LogP) is 8.38. The van der Waals surface area contributed by atoms with Crippen LogP contribution in [0.1, 0.15) is 27.8 Å². The van der Waals surface area contributed by atoms with Crippen molar-refractivity contribution in [3.8, 4) is 16.8 Å². The Hall–Kier alpha value is -5.80. The van der Waals surface area contributed by atoms with Gasteiger partial charge in [-0.2, -0.15) is 0 Å². The molecule has 0 fully saturated rings. The zero-order chi connectivity index (χ0) is 30.6. The van der Waals surface area contributed by atoms with Crippen LogP contribution in [0, 0.1) is 6.92 Å². The van der Waals surface area contributed by atoms with Gasteiger partial charge < -0.3 is 9.47 Å². The summed E-state index contributed by atoms with van der Waals surface area (Å²) >= 11 is 0. The largest absolute Gasteiger partial charge is 0.311 e. The maximum Gasteiger partial charge on any atom is 0.252 e. The number of hydrogen-bond acceptors (Lipinski definition) is 1. The lowest BCUT2D eigenvalue weighted by atomic mass is 9.33. The Kier molecular flexibility index (Phi) is 4.23. The first kappa shape index (κ1) is 24.4. The quantitative estimate of drug-likeness (QED) is 0.160. The first-order chi connectivity index (χ1) is 23.3. The zero-order valence-corrected chi connectivity index (χ0v) is 25.8. The number of hydrogen-bond donors (Lipinski definition) is 0. The highest BCUT2D eigenvalue weighted by atomic mass is 15.2. The fraction of sp³-hybridized carbons (Fsp3) is 0.0455. The summed E-state index contributed by atoms with van der Waals surface area (Å²) < 4.78 is 2.55. The summed E-state index contributed by atoms with van der Waals surface area (Å²) in [6.45, 7) is 2.39. The van der Waals surface area contributed by atoms with Gasteiger partial charge in [0.2, 0.25) is 0 Å². The molecule has 1 aliphatic carbocycles. The van der Waals surface area contributed by atoms with Gasteiger partial charge in [-0.1, -0.05) is 121 Å². The van der Waals surface area contributed by atoms with Gasteiger partial charge in [0.05, 0.1) is 16.6 Å². The van der Waals surface area contributed by atoms with Gasteiger partial charge >= 0.3 is 0 Å². The highest BCUT2D eigenvalue weighted by molar-refractivity contribution is 7.00. The Morgan fingerprint density at radius 2 is 1.13 bits per heavy atom. The molecule has 1 spiro atoms. The minimum atomic E-state index is -0.411. The molecule has 216 valence electrons. The summed E-state index contributed by atoms with van der Waals surface area (Å²) in [4.78, 5) is 2.62. The summed E-state index contributed by atoms with van der Waals surface area (Å²) in [5, 5.41) is 2.65. The standard InChI is InChI=1S/C44H27BN2/c1-26-24-39-41-40(25-26)47-38-23-9-7-18-33(38)44(31-16-5-2-12-27(31)28-13-3-6-17-32(28)44)34-19-11-21-36(43(34)47)45(41)35-20-10-15-30-29-14-4-8-22-37(29)46(39)42(30)35/h2-25H,1H3. The molecule has 12 rings (SSSR count). The lowest BCUT2D eigenvalue weighted by molar-refractivity contribution is 0.753. The molecule has 3 heteroatoms. The van der Waals surface area contributed by atoms with Crippen molar-refractivity contribution in [2.45, 2.75) is 12.3 Å². The molecule has 4 aliphatic rings. The van der Waals surface area contributed by atoms with Gasteiger partial charge in [0.25, 0.3) is 6.71 Å². The topological polar surface area (TPSA) is 8.17 Å². The minimum absolute atomic E-state index is 0.126. The molecule has 8 aromatic rings. The number of nitrogens with zero attached hydrogens (tertiary/aromatic N) is 2. The van der Waals surface area contributed by atoms with Crippen LogP contribution in [0.4, 0.5) is 17.1 Å². The number of anilines is 3. The van der Waals surface area contributed by atoms with Crippen molar-refractivity contribution in [1.29, 1.82) is 0 Å². The first-order valence-corrected chi connectivity index (χ1v) is 16.7. The van der Waals surface area contributed by atoms with E-state index in [-0.39, 0.29) is 6.71 Å². The van der Waals surface area contributed by atoms with Crippen LogP contribution in [0.3, 0.4) is 0 Å². The molecule has 3 aliphatic heterocycles. The molecule has 4 heterocycles. The fourth-order valence-electron chi connectivity index (χ4n) is 10.1. The van der Waals surface area contributed by atoms with E-state index in [0.29, 0.717) is 0 Å². The van der Waals surface area contributed by atoms with Gasteiger partial charge in [-0.15, -0.1) is 0 Å². The van der Waals surface area contributed by atoms with E-state index in [0.717, 1.165) is 0 Å². The molecule has 47 heavy (non-hydrogen) atoms. The average Bonchev–Trinajstić information content (AvgIpc) is 3.61. The van der Waals surface area contributed by atoms with E-state index in [1.54, 1.807) is 0 Å². The smallest absolute Gasteiger partial charge is 0.252 e. The maximum absolute atomic E-state index is 2.62. The Morgan fingerprint density at radius 1 is 0.511 bits per heavy atom. The molecule has 0 saturated heterocycles. The van der Waals surface area contributed by atoms with Crippen molar-refractivity contribution in [3.63, 3.8) is 0 Å². The third-order valence-electron chi connectivity index (χ3n) is 11.6. The zero-order valence-electron chi connectivity index (χ0n) is 25.8. The average molecular weight is 595 g/mol. The predicted molar refractivity (Wildman–Crippen MR) is 196 cm³/mol. The van der Waals surface area contributed by atoms with Crippen LogP contribution in [0.15, 0.2) is 146 Å². The third kappa shape index (κ3) is 2.60. The summed E-state index contributed by atoms with van der Waals surface area (Å²) in [5.41, 5.74) is 21.0. The van der Waals surface area contributed by atoms with Crippen LogP contribution in [-0.4, -0.2) is 11.3 Å². The second kappa shape index (κ2) is 8.13. The molecule has 1 aromatic heterocycles. The maximum atomic E-state index is 2.62. The summed E-state index contributed by atoms with van der Waals surface area (Å²) in [6.07, 6.45) is 0. The van der Waals surface area contributed by atoms with E-state index in [9.17, 15) is 0 Å². The van der Waals surface area contributed by atoms with Crippen molar-refractivity contribution in [3.05, 3.63) is 173 Å². The van der Waals surface area contributed by atoms with Gasteiger partial charge in [-0.3, -0.25) is 0 Å². The van der Waals surface area contributed by atoms with Gasteiger partial charge in [-0.05, 0) is 86.5 Å². The Morgan fingerprint density at radius 3 is 1.96 bits per heavy atom. The summed E-state index contributed by atoms with van der Waals surface area (Å²) in [7, 11) is 0. The molecule has 0 N–H and O–H groups in total. The van der Waals surface area contributed by atoms with Gasteiger partial charge in [0.15, 0.2) is 0 Å². The van der Waals surface area contributed by atoms with Gasteiger partial charge in [-0.25, -0.2) is 0 Å². The molecule has 0 bridgehead atoms. The Bertz CT molecular complexity index is 2690. The summed E-state index contributed by atoms with van der Waals surface area (Å²) in [5.74, 6) is 0. The van der Waals surface area contributed by atoms with Crippen LogP contribution in [0.2, 0.25) is 0 Å². The Balaban J connectivity index is 1.29. The normalized spacial score (nSPS) is 15.0. The van der Waals surface area contributed by atoms with Crippen LogP contribution >= 0.6 is 0 Å². The lowest BCUT2D eigenvalue weighted by Crippen LogP contribution is -2.61. The molecule has 0 amide bonds. The minimum Gasteiger partial charge on any atom is -0.311 e. The SMILES string of the molecule is Cc1cc2c3c(c1)-n1c4ccccc4c4cccc(c41)B3c1cccc3c1N2c1ccccc1C31c2ccccc2-c2ccccc21. The number of para-hydroxylation sites is 4. The third-order valence-corrected chi connectivity index (χ3v) is 11.6. The second-order valence-electron chi connectivity index (χ2n) is 13.7. The number of benzene rings is 7. The molecular formula is C44H27BN2. The molecule has 2 nitrogen and oxygen atoms in total. The summed E-state index contributed by atoms with van der Waals surface area (Å²) in [6, 6.07) is 55.3. The molecule has 7 aromatic carbocycles. The van der Waals surface area contributed by atoms with Crippen molar-refractivity contribution >= 4 is 62.0 Å². The number of fused-ring (bicyclic) bond motifs is 16. The molecular weight excluding hydrogens is 567 g/mol. The van der Waals surface area contributed by atoms with E-state index >= 15 is 0 Å². The number of aromatic nitrogens is 1. The monoisotopic (exact) mass is 594 g/mol. The first-order valence-electron chi connectivity index (χ1n) is 16.7. The Labute approximate surface area is 273 Å². The van der Waals surface area contributed by atoms with Crippen molar-refractivity contribution < 1.29 is 0 Å². The highest BCUT2D eigenvalue weighted by Gasteiger charge is 2.54. The van der Waals surface area contributed by atoms with E-state index in [1.807, 2.05) is 0 Å². The van der Waals surface area contributed by atoms with E-state index in [1.165, 1.54) is 99.9 Å². The lowest BCUT2D eigenvalue weighted by Gasteiger charge is -2.49. The number of aryl methyl sites for hydroxylation is 1. The van der Waals surface area contributed by atoms with Crippen LogP contribution < -0.4 is 21.3 Å². The molecule has 0 atom stereocenters. The molecule has 0 unspecified atom stereocenters. The molecule has 0 radical (unpaired) electrons. The fourth-order valence-corrected chi connectivity index (χ4v) is 10.1. The van der Waals surface area contributed by atoms with Crippen molar-refractivity contribution in [1.82, 2.24) is 4.57 Å². The van der Waals surface area contributed by atoms with Crippen LogP contribution in [0.25, 0.3) is 38.6 Å². The highest BCUT2D eigenvalue weighted by Crippen LogP contribution is 2.63. The second-order valence-corrected chi connectivity index (χ2v) is 13.7. The van der Waals surface area contributed by atoms with E-state index in [4.69, 9.17) is 0 Å².